The molecule has 0 unspecified atom stereocenters. The number of halogens is 4. The van der Waals surface area contributed by atoms with Gasteiger partial charge in [-0.2, -0.15) is 9.78 Å². The highest BCUT2D eigenvalue weighted by molar-refractivity contribution is 5.97. The molecule has 0 bridgehead atoms. The van der Waals surface area contributed by atoms with Crippen molar-refractivity contribution in [3.8, 4) is 11.1 Å². The van der Waals surface area contributed by atoms with E-state index < -0.39 is 39.8 Å². The van der Waals surface area contributed by atoms with Crippen LogP contribution in [-0.4, -0.2) is 20.9 Å². The number of nitrogens with two attached hydrogens (primary N) is 1. The summed E-state index contributed by atoms with van der Waals surface area (Å²) in [6.07, 6.45) is -4.97. The molecule has 0 atom stereocenters. The number of rotatable bonds is 2. The fourth-order valence-corrected chi connectivity index (χ4v) is 1.70. The van der Waals surface area contributed by atoms with Crippen molar-refractivity contribution in [2.24, 2.45) is 0 Å². The van der Waals surface area contributed by atoms with Crippen molar-refractivity contribution in [3.05, 3.63) is 35.8 Å². The lowest BCUT2D eigenvalue weighted by molar-refractivity contribution is -0.210. The van der Waals surface area contributed by atoms with Gasteiger partial charge in [-0.25, -0.2) is 9.18 Å². The zero-order valence-electron chi connectivity index (χ0n) is 9.65. The lowest BCUT2D eigenvalue weighted by Crippen LogP contribution is -2.20. The van der Waals surface area contributed by atoms with Gasteiger partial charge in [0.25, 0.3) is 0 Å². The maximum absolute atomic E-state index is 13.1. The average molecular weight is 289 g/mol. The van der Waals surface area contributed by atoms with Crippen molar-refractivity contribution in [3.63, 3.8) is 0 Å². The second-order valence-electron chi connectivity index (χ2n) is 3.80. The first-order chi connectivity index (χ1) is 9.21. The van der Waals surface area contributed by atoms with E-state index in [1.54, 1.807) is 0 Å². The molecule has 1 aromatic heterocycles. The van der Waals surface area contributed by atoms with Gasteiger partial charge in [-0.05, 0) is 17.7 Å². The molecular formula is C11H7F4N3O2. The van der Waals surface area contributed by atoms with Gasteiger partial charge in [-0.15, -0.1) is 13.2 Å². The van der Waals surface area contributed by atoms with E-state index in [4.69, 9.17) is 10.8 Å². The van der Waals surface area contributed by atoms with Gasteiger partial charge in [-0.1, -0.05) is 12.1 Å². The van der Waals surface area contributed by atoms with Crippen LogP contribution >= 0.6 is 0 Å². The molecule has 0 spiro atoms. The van der Waals surface area contributed by atoms with E-state index in [0.29, 0.717) is 0 Å². The highest BCUT2D eigenvalue weighted by atomic mass is 19.4. The zero-order chi connectivity index (χ0) is 15.1. The van der Waals surface area contributed by atoms with Crippen molar-refractivity contribution < 1.29 is 27.5 Å². The Morgan fingerprint density at radius 1 is 1.35 bits per heavy atom. The normalized spacial score (nSPS) is 11.6. The van der Waals surface area contributed by atoms with Crippen LogP contribution in [0.5, 0.6) is 0 Å². The summed E-state index contributed by atoms with van der Waals surface area (Å²) in [6.45, 7) is 0. The number of nitrogen functional groups attached to an aromatic ring is 1. The molecule has 106 valence electrons. The summed E-state index contributed by atoms with van der Waals surface area (Å²) < 4.78 is 50.5. The predicted molar refractivity (Wildman–Crippen MR) is 60.3 cm³/mol. The number of aromatic carboxylic acids is 1. The van der Waals surface area contributed by atoms with E-state index in [2.05, 4.69) is 5.10 Å². The topological polar surface area (TPSA) is 81.1 Å². The third kappa shape index (κ3) is 2.29. The summed E-state index contributed by atoms with van der Waals surface area (Å²) in [5.41, 5.74) is 3.83. The van der Waals surface area contributed by atoms with Crippen LogP contribution < -0.4 is 5.73 Å². The number of aromatic nitrogens is 2. The minimum Gasteiger partial charge on any atom is -0.476 e. The number of hydrogen-bond acceptors (Lipinski definition) is 3. The molecule has 3 N–H and O–H groups in total. The summed E-state index contributed by atoms with van der Waals surface area (Å²) in [5.74, 6) is -3.35. The van der Waals surface area contributed by atoms with Crippen LogP contribution in [0.25, 0.3) is 11.1 Å². The standard InChI is InChI=1S/C11H7F4N3O2/c12-6-3-1-2-5(4-6)7-8(10(19)20)17-18(9(7)16)11(13,14)15/h1-4H,16H2,(H,19,20). The molecule has 1 aromatic carbocycles. The van der Waals surface area contributed by atoms with Crippen LogP contribution in [0.1, 0.15) is 10.5 Å². The fourth-order valence-electron chi connectivity index (χ4n) is 1.70. The number of anilines is 1. The number of carboxylic acids is 1. The van der Waals surface area contributed by atoms with Crippen LogP contribution in [0, 0.1) is 5.82 Å². The first-order valence-corrected chi connectivity index (χ1v) is 5.16. The Balaban J connectivity index is 2.74. The third-order valence-corrected chi connectivity index (χ3v) is 2.48. The quantitative estimate of drug-likeness (QED) is 0.832. The van der Waals surface area contributed by atoms with Gasteiger partial charge < -0.3 is 10.8 Å². The zero-order valence-corrected chi connectivity index (χ0v) is 9.65. The molecule has 0 saturated heterocycles. The Bertz CT molecular complexity index is 679. The largest absolute Gasteiger partial charge is 0.506 e. The molecule has 9 heteroatoms. The second-order valence-corrected chi connectivity index (χ2v) is 3.80. The summed E-state index contributed by atoms with van der Waals surface area (Å²) in [4.78, 5) is 11.0. The molecule has 1 heterocycles. The number of nitrogens with zero attached hydrogens (tertiary/aromatic N) is 2. The fraction of sp³-hybridized carbons (Fsp3) is 0.0909. The highest BCUT2D eigenvalue weighted by Gasteiger charge is 2.37. The van der Waals surface area contributed by atoms with Crippen molar-refractivity contribution in [1.29, 1.82) is 0 Å². The summed E-state index contributed by atoms with van der Waals surface area (Å²) in [6, 6.07) is 4.40. The molecule has 0 aliphatic heterocycles. The molecular weight excluding hydrogens is 282 g/mol. The van der Waals surface area contributed by atoms with E-state index in [0.717, 1.165) is 12.1 Å². The molecule has 0 saturated carbocycles. The van der Waals surface area contributed by atoms with Crippen molar-refractivity contribution in [1.82, 2.24) is 9.78 Å². The molecule has 0 aliphatic carbocycles. The second kappa shape index (κ2) is 4.51. The van der Waals surface area contributed by atoms with E-state index >= 15 is 0 Å². The van der Waals surface area contributed by atoms with Gasteiger partial charge in [0, 0.05) is 0 Å². The monoisotopic (exact) mass is 289 g/mol. The van der Waals surface area contributed by atoms with Gasteiger partial charge >= 0.3 is 12.3 Å². The van der Waals surface area contributed by atoms with Crippen molar-refractivity contribution in [2.75, 3.05) is 5.73 Å². The average Bonchev–Trinajstić information content (AvgIpc) is 2.66. The molecule has 0 fully saturated rings. The number of hydrogen-bond donors (Lipinski definition) is 2. The van der Waals surface area contributed by atoms with Crippen LogP contribution in [0.4, 0.5) is 23.4 Å². The summed E-state index contributed by atoms with van der Waals surface area (Å²) in [5, 5.41) is 11.8. The molecule has 2 aromatic rings. The van der Waals surface area contributed by atoms with E-state index in [9.17, 15) is 22.4 Å². The Morgan fingerprint density at radius 2 is 2.00 bits per heavy atom. The smallest absolute Gasteiger partial charge is 0.476 e. The Kier molecular flexibility index (Phi) is 3.12. The maximum atomic E-state index is 13.1. The van der Waals surface area contributed by atoms with Gasteiger partial charge in [-0.3, -0.25) is 0 Å². The number of benzene rings is 1. The minimum atomic E-state index is -4.97. The summed E-state index contributed by atoms with van der Waals surface area (Å²) >= 11 is 0. The molecule has 2 rings (SSSR count). The Morgan fingerprint density at radius 3 is 2.50 bits per heavy atom. The van der Waals surface area contributed by atoms with E-state index in [-0.39, 0.29) is 5.56 Å². The number of carbonyl (C=O) groups is 1. The van der Waals surface area contributed by atoms with Gasteiger partial charge in [0.15, 0.2) is 5.69 Å². The van der Waals surface area contributed by atoms with Gasteiger partial charge in [0.1, 0.15) is 11.6 Å². The third-order valence-electron chi connectivity index (χ3n) is 2.48. The van der Waals surface area contributed by atoms with Gasteiger partial charge in [0.2, 0.25) is 0 Å². The molecule has 0 amide bonds. The molecule has 20 heavy (non-hydrogen) atoms. The lowest BCUT2D eigenvalue weighted by Gasteiger charge is -2.08. The predicted octanol–water partition coefficient (Wildman–Crippen LogP) is 2.45. The Labute approximate surface area is 109 Å². The number of carboxylic acid groups (broad SMARTS) is 1. The number of alkyl halides is 3. The summed E-state index contributed by atoms with van der Waals surface area (Å²) in [7, 11) is 0. The first-order valence-electron chi connectivity index (χ1n) is 5.16. The van der Waals surface area contributed by atoms with Gasteiger partial charge in [0.05, 0.1) is 5.56 Å². The highest BCUT2D eigenvalue weighted by Crippen LogP contribution is 2.35. The van der Waals surface area contributed by atoms with Crippen LogP contribution in [-0.2, 0) is 6.30 Å². The van der Waals surface area contributed by atoms with E-state index in [1.165, 1.54) is 12.1 Å². The first kappa shape index (κ1) is 13.8. The van der Waals surface area contributed by atoms with Crippen LogP contribution in [0.15, 0.2) is 24.3 Å². The van der Waals surface area contributed by atoms with Crippen LogP contribution in [0.2, 0.25) is 0 Å². The minimum absolute atomic E-state index is 0.101. The molecule has 5 nitrogen and oxygen atoms in total. The lowest BCUT2D eigenvalue weighted by atomic mass is 10.1. The van der Waals surface area contributed by atoms with E-state index in [1.807, 2.05) is 0 Å². The van der Waals surface area contributed by atoms with Crippen LogP contribution in [0.3, 0.4) is 0 Å². The molecule has 0 radical (unpaired) electrons. The maximum Gasteiger partial charge on any atom is 0.506 e. The molecule has 0 aliphatic rings. The SMILES string of the molecule is Nc1c(-c2cccc(F)c2)c(C(=O)O)nn1C(F)(F)F. The van der Waals surface area contributed by atoms with Crippen molar-refractivity contribution in [2.45, 2.75) is 6.30 Å². The Hall–Kier alpha value is -2.58. The van der Waals surface area contributed by atoms with Crippen molar-refractivity contribution >= 4 is 11.8 Å².